The summed E-state index contributed by atoms with van der Waals surface area (Å²) in [4.78, 5) is 16.5. The van der Waals surface area contributed by atoms with Gasteiger partial charge in [-0.1, -0.05) is 25.4 Å². The third-order valence-electron chi connectivity index (χ3n) is 4.85. The summed E-state index contributed by atoms with van der Waals surface area (Å²) in [7, 11) is -3.48. The van der Waals surface area contributed by atoms with E-state index in [2.05, 4.69) is 24.1 Å². The van der Waals surface area contributed by atoms with Crippen molar-refractivity contribution in [3.05, 3.63) is 29.3 Å². The van der Waals surface area contributed by atoms with E-state index in [0.29, 0.717) is 31.0 Å². The molecule has 0 saturated carbocycles. The van der Waals surface area contributed by atoms with Crippen molar-refractivity contribution >= 4 is 27.5 Å². The number of nitrogens with one attached hydrogen (secondary N) is 1. The number of halogens is 1. The molecule has 1 unspecified atom stereocenters. The van der Waals surface area contributed by atoms with Crippen molar-refractivity contribution in [2.45, 2.75) is 36.8 Å². The molecule has 2 amide bonds. The van der Waals surface area contributed by atoms with Gasteiger partial charge < -0.3 is 15.1 Å². The number of rotatable bonds is 7. The average Bonchev–Trinajstić information content (AvgIpc) is 2.65. The summed E-state index contributed by atoms with van der Waals surface area (Å²) in [5.74, 6) is 0. The van der Waals surface area contributed by atoms with Gasteiger partial charge in [-0.3, -0.25) is 0 Å². The Morgan fingerprint density at radius 2 is 1.92 bits per heavy atom. The Bertz CT molecular complexity index is 690. The van der Waals surface area contributed by atoms with E-state index in [4.69, 9.17) is 11.6 Å². The van der Waals surface area contributed by atoms with E-state index in [1.54, 1.807) is 17.0 Å². The fourth-order valence-electron chi connectivity index (χ4n) is 3.17. The van der Waals surface area contributed by atoms with Crippen molar-refractivity contribution in [1.82, 2.24) is 15.1 Å². The number of likely N-dealkylation sites (N-methyl/N-ethyl adjacent to an activating group) is 1. The molecule has 2 rings (SSSR count). The molecule has 26 heavy (non-hydrogen) atoms. The average molecular weight is 402 g/mol. The molecule has 1 aromatic rings. The first-order valence-electron chi connectivity index (χ1n) is 9.13. The number of amides is 2. The zero-order chi connectivity index (χ0) is 19.2. The minimum atomic E-state index is -3.48. The molecule has 1 saturated heterocycles. The Balaban J connectivity index is 1.95. The zero-order valence-corrected chi connectivity index (χ0v) is 17.0. The molecule has 0 bridgehead atoms. The highest BCUT2D eigenvalue weighted by molar-refractivity contribution is 7.92. The third kappa shape index (κ3) is 5.34. The summed E-state index contributed by atoms with van der Waals surface area (Å²) in [5.41, 5.74) is 0. The number of urea groups is 1. The first-order chi connectivity index (χ1) is 12.4. The van der Waals surface area contributed by atoms with Crippen LogP contribution in [0.2, 0.25) is 5.02 Å². The van der Waals surface area contributed by atoms with E-state index in [1.807, 2.05) is 0 Å². The lowest BCUT2D eigenvalue weighted by atomic mass is 10.1. The molecule has 8 heteroatoms. The minimum Gasteiger partial charge on any atom is -0.337 e. The van der Waals surface area contributed by atoms with Gasteiger partial charge >= 0.3 is 6.03 Å². The van der Waals surface area contributed by atoms with Gasteiger partial charge in [0.15, 0.2) is 9.84 Å². The molecule has 1 fully saturated rings. The quantitative estimate of drug-likeness (QED) is 0.762. The molecule has 1 N–H and O–H groups in total. The van der Waals surface area contributed by atoms with Gasteiger partial charge in [-0.15, -0.1) is 0 Å². The van der Waals surface area contributed by atoms with Crippen molar-refractivity contribution in [2.24, 2.45) is 0 Å². The number of sulfone groups is 1. The SMILES string of the molecule is CCN(CC)CCNC(=O)N1CCCC(S(=O)(=O)c2ccc(Cl)cc2)C1. The zero-order valence-electron chi connectivity index (χ0n) is 15.4. The van der Waals surface area contributed by atoms with Gasteiger partial charge in [0, 0.05) is 31.2 Å². The summed E-state index contributed by atoms with van der Waals surface area (Å²) in [5, 5.41) is 2.83. The second-order valence-electron chi connectivity index (χ2n) is 6.47. The van der Waals surface area contributed by atoms with Gasteiger partial charge in [-0.2, -0.15) is 0 Å². The van der Waals surface area contributed by atoms with Crippen LogP contribution in [0.1, 0.15) is 26.7 Å². The van der Waals surface area contributed by atoms with Gasteiger partial charge in [-0.25, -0.2) is 13.2 Å². The number of hydrogen-bond donors (Lipinski definition) is 1. The fraction of sp³-hybridized carbons (Fsp3) is 0.611. The van der Waals surface area contributed by atoms with E-state index < -0.39 is 15.1 Å². The predicted octanol–water partition coefficient (Wildman–Crippen LogP) is 2.63. The van der Waals surface area contributed by atoms with Crippen molar-refractivity contribution in [3.8, 4) is 0 Å². The summed E-state index contributed by atoms with van der Waals surface area (Å²) in [6.07, 6.45) is 1.25. The molecule has 1 aliphatic rings. The summed E-state index contributed by atoms with van der Waals surface area (Å²) in [6.45, 7) is 8.22. The molecule has 0 spiro atoms. The standard InChI is InChI=1S/C18H28ClN3O3S/c1-3-21(4-2)13-11-20-18(23)22-12-5-6-17(14-22)26(24,25)16-9-7-15(19)8-10-16/h7-10,17H,3-6,11-14H2,1-2H3,(H,20,23). The third-order valence-corrected chi connectivity index (χ3v) is 7.29. The molecule has 1 atom stereocenters. The van der Waals surface area contributed by atoms with Crippen molar-refractivity contribution in [2.75, 3.05) is 39.3 Å². The monoisotopic (exact) mass is 401 g/mol. The normalized spacial score (nSPS) is 18.2. The van der Waals surface area contributed by atoms with Crippen molar-refractivity contribution in [1.29, 1.82) is 0 Å². The number of piperidine rings is 1. The van der Waals surface area contributed by atoms with Crippen LogP contribution in [-0.4, -0.2) is 68.8 Å². The highest BCUT2D eigenvalue weighted by Crippen LogP contribution is 2.25. The van der Waals surface area contributed by atoms with Crippen LogP contribution in [-0.2, 0) is 9.84 Å². The Labute approximate surface area is 161 Å². The van der Waals surface area contributed by atoms with Crippen LogP contribution in [0.15, 0.2) is 29.2 Å². The van der Waals surface area contributed by atoms with Gasteiger partial charge in [0.2, 0.25) is 0 Å². The van der Waals surface area contributed by atoms with Crippen LogP contribution in [0.25, 0.3) is 0 Å². The highest BCUT2D eigenvalue weighted by atomic mass is 35.5. The number of benzene rings is 1. The first-order valence-corrected chi connectivity index (χ1v) is 11.1. The van der Waals surface area contributed by atoms with Crippen LogP contribution in [0, 0.1) is 0 Å². The maximum atomic E-state index is 12.8. The number of carbonyl (C=O) groups excluding carboxylic acids is 1. The Hall–Kier alpha value is -1.31. The second-order valence-corrected chi connectivity index (χ2v) is 9.13. The smallest absolute Gasteiger partial charge is 0.317 e. The van der Waals surface area contributed by atoms with Crippen LogP contribution >= 0.6 is 11.6 Å². The second kappa shape index (κ2) is 9.58. The Kier molecular flexibility index (Phi) is 7.73. The number of hydrogen-bond acceptors (Lipinski definition) is 4. The van der Waals surface area contributed by atoms with Crippen molar-refractivity contribution < 1.29 is 13.2 Å². The van der Waals surface area contributed by atoms with Gasteiger partial charge in [0.05, 0.1) is 10.1 Å². The van der Waals surface area contributed by atoms with E-state index in [9.17, 15) is 13.2 Å². The van der Waals surface area contributed by atoms with Gasteiger partial charge in [0.25, 0.3) is 0 Å². The van der Waals surface area contributed by atoms with Crippen LogP contribution in [0.3, 0.4) is 0 Å². The molecule has 1 heterocycles. The summed E-state index contributed by atoms with van der Waals surface area (Å²) < 4.78 is 25.7. The van der Waals surface area contributed by atoms with E-state index >= 15 is 0 Å². The number of nitrogens with zero attached hydrogens (tertiary/aromatic N) is 2. The molecule has 0 aliphatic carbocycles. The lowest BCUT2D eigenvalue weighted by molar-refractivity contribution is 0.185. The maximum Gasteiger partial charge on any atom is 0.317 e. The maximum absolute atomic E-state index is 12.8. The van der Waals surface area contributed by atoms with E-state index in [1.165, 1.54) is 12.1 Å². The molecule has 146 valence electrons. The highest BCUT2D eigenvalue weighted by Gasteiger charge is 2.33. The molecule has 0 radical (unpaired) electrons. The molecular weight excluding hydrogens is 374 g/mol. The summed E-state index contributed by atoms with van der Waals surface area (Å²) >= 11 is 5.84. The summed E-state index contributed by atoms with van der Waals surface area (Å²) in [6, 6.07) is 6.03. The molecule has 1 aromatic carbocycles. The number of carbonyl (C=O) groups is 1. The topological polar surface area (TPSA) is 69.7 Å². The van der Waals surface area contributed by atoms with E-state index in [-0.39, 0.29) is 17.5 Å². The molecule has 6 nitrogen and oxygen atoms in total. The first kappa shape index (κ1) is 21.0. The Morgan fingerprint density at radius 3 is 2.54 bits per heavy atom. The predicted molar refractivity (Wildman–Crippen MR) is 104 cm³/mol. The van der Waals surface area contributed by atoms with Crippen LogP contribution in [0.5, 0.6) is 0 Å². The lowest BCUT2D eigenvalue weighted by Crippen LogP contribution is -2.50. The van der Waals surface area contributed by atoms with Crippen molar-refractivity contribution in [3.63, 3.8) is 0 Å². The number of likely N-dealkylation sites (tertiary alicyclic amines) is 1. The largest absolute Gasteiger partial charge is 0.337 e. The molecular formula is C18H28ClN3O3S. The van der Waals surface area contributed by atoms with Gasteiger partial charge in [0.1, 0.15) is 0 Å². The van der Waals surface area contributed by atoms with Crippen LogP contribution < -0.4 is 5.32 Å². The molecule has 0 aromatic heterocycles. The van der Waals surface area contributed by atoms with Crippen LogP contribution in [0.4, 0.5) is 4.79 Å². The minimum absolute atomic E-state index is 0.187. The Morgan fingerprint density at radius 1 is 1.27 bits per heavy atom. The lowest BCUT2D eigenvalue weighted by Gasteiger charge is -2.32. The van der Waals surface area contributed by atoms with E-state index in [0.717, 1.165) is 19.6 Å². The fourth-order valence-corrected chi connectivity index (χ4v) is 5.04. The van der Waals surface area contributed by atoms with Gasteiger partial charge in [-0.05, 0) is 50.2 Å². The molecule has 1 aliphatic heterocycles.